The van der Waals surface area contributed by atoms with Crippen LogP contribution in [0.15, 0.2) is 29.0 Å². The van der Waals surface area contributed by atoms with E-state index in [0.717, 1.165) is 6.42 Å². The van der Waals surface area contributed by atoms with Crippen LogP contribution in [-0.2, 0) is 4.84 Å². The van der Waals surface area contributed by atoms with Crippen LogP contribution in [0.1, 0.15) is 6.42 Å². The zero-order chi connectivity index (χ0) is 8.39. The smallest absolute Gasteiger partial charge is 0.157 e. The van der Waals surface area contributed by atoms with Crippen LogP contribution < -0.4 is 5.73 Å². The largest absolute Gasteiger partial charge is 0.388 e. The standard InChI is InChI=1S/C9H12N2O/c10-5-4-7-2-1-3-9-8(7)6-11-12-9/h1-3,6,8-9H,4-5,10H2. The second-order valence-corrected chi connectivity index (χ2v) is 3.02. The number of oxime groups is 1. The van der Waals surface area contributed by atoms with Gasteiger partial charge in [-0.15, -0.1) is 0 Å². The number of nitrogens with zero attached hydrogens (tertiary/aromatic N) is 1. The molecule has 2 rings (SSSR count). The van der Waals surface area contributed by atoms with Gasteiger partial charge in [-0.1, -0.05) is 22.9 Å². The highest BCUT2D eigenvalue weighted by Gasteiger charge is 2.28. The van der Waals surface area contributed by atoms with E-state index in [9.17, 15) is 0 Å². The first kappa shape index (κ1) is 7.55. The fourth-order valence-corrected chi connectivity index (χ4v) is 1.60. The van der Waals surface area contributed by atoms with Gasteiger partial charge in [0.05, 0.1) is 12.1 Å². The number of fused-ring (bicyclic) bond motifs is 1. The highest BCUT2D eigenvalue weighted by atomic mass is 16.6. The molecule has 1 heterocycles. The molecular weight excluding hydrogens is 152 g/mol. The second kappa shape index (κ2) is 3.11. The van der Waals surface area contributed by atoms with Gasteiger partial charge in [0.1, 0.15) is 0 Å². The topological polar surface area (TPSA) is 47.6 Å². The first-order valence-corrected chi connectivity index (χ1v) is 4.18. The maximum absolute atomic E-state index is 5.49. The van der Waals surface area contributed by atoms with Crippen molar-refractivity contribution in [2.45, 2.75) is 12.5 Å². The van der Waals surface area contributed by atoms with Crippen LogP contribution in [0.4, 0.5) is 0 Å². The van der Waals surface area contributed by atoms with Crippen LogP contribution >= 0.6 is 0 Å². The lowest BCUT2D eigenvalue weighted by Gasteiger charge is -2.18. The Morgan fingerprint density at radius 3 is 3.33 bits per heavy atom. The number of hydrogen-bond donors (Lipinski definition) is 1. The molecule has 3 nitrogen and oxygen atoms in total. The van der Waals surface area contributed by atoms with Gasteiger partial charge in [-0.05, 0) is 19.0 Å². The summed E-state index contributed by atoms with van der Waals surface area (Å²) >= 11 is 0. The predicted molar refractivity (Wildman–Crippen MR) is 47.7 cm³/mol. The molecule has 0 aromatic carbocycles. The minimum atomic E-state index is 0.122. The minimum absolute atomic E-state index is 0.122. The lowest BCUT2D eigenvalue weighted by molar-refractivity contribution is 0.102. The number of allylic oxidation sites excluding steroid dienone is 2. The summed E-state index contributed by atoms with van der Waals surface area (Å²) in [5.41, 5.74) is 6.82. The average Bonchev–Trinajstić information content (AvgIpc) is 2.53. The molecule has 1 aliphatic heterocycles. The van der Waals surface area contributed by atoms with Crippen LogP contribution in [-0.4, -0.2) is 18.9 Å². The Labute approximate surface area is 71.6 Å². The molecule has 0 saturated heterocycles. The maximum Gasteiger partial charge on any atom is 0.157 e. The Kier molecular flexibility index (Phi) is 1.96. The summed E-state index contributed by atoms with van der Waals surface area (Å²) in [6.45, 7) is 0.691. The molecule has 0 aromatic rings. The first-order chi connectivity index (χ1) is 5.92. The van der Waals surface area contributed by atoms with Crippen LogP contribution in [0.2, 0.25) is 0 Å². The van der Waals surface area contributed by atoms with Crippen LogP contribution in [0.5, 0.6) is 0 Å². The summed E-state index contributed by atoms with van der Waals surface area (Å²) in [6, 6.07) is 0. The van der Waals surface area contributed by atoms with E-state index in [1.807, 2.05) is 18.4 Å². The van der Waals surface area contributed by atoms with Gasteiger partial charge in [-0.25, -0.2) is 0 Å². The molecule has 0 spiro atoms. The summed E-state index contributed by atoms with van der Waals surface area (Å²) in [7, 11) is 0. The third-order valence-corrected chi connectivity index (χ3v) is 2.23. The lowest BCUT2D eigenvalue weighted by Crippen LogP contribution is -2.21. The van der Waals surface area contributed by atoms with Crippen molar-refractivity contribution in [1.82, 2.24) is 0 Å². The summed E-state index contributed by atoms with van der Waals surface area (Å²) in [5.74, 6) is 0.332. The summed E-state index contributed by atoms with van der Waals surface area (Å²) in [4.78, 5) is 5.13. The highest BCUT2D eigenvalue weighted by molar-refractivity contribution is 5.68. The van der Waals surface area contributed by atoms with E-state index in [1.54, 1.807) is 0 Å². The fourth-order valence-electron chi connectivity index (χ4n) is 1.60. The fraction of sp³-hybridized carbons (Fsp3) is 0.444. The molecule has 2 unspecified atom stereocenters. The predicted octanol–water partition coefficient (Wildman–Crippen LogP) is 0.832. The van der Waals surface area contributed by atoms with Gasteiger partial charge in [-0.2, -0.15) is 0 Å². The molecule has 1 aliphatic carbocycles. The Morgan fingerprint density at radius 1 is 1.58 bits per heavy atom. The molecule has 2 aliphatic rings. The highest BCUT2D eigenvalue weighted by Crippen LogP contribution is 2.27. The third-order valence-electron chi connectivity index (χ3n) is 2.23. The van der Waals surface area contributed by atoms with Gasteiger partial charge >= 0.3 is 0 Å². The van der Waals surface area contributed by atoms with Crippen molar-refractivity contribution < 1.29 is 4.84 Å². The van der Waals surface area contributed by atoms with Crippen LogP contribution in [0, 0.1) is 5.92 Å². The van der Waals surface area contributed by atoms with Crippen LogP contribution in [0.25, 0.3) is 0 Å². The zero-order valence-electron chi connectivity index (χ0n) is 6.81. The molecule has 2 N–H and O–H groups in total. The molecule has 3 heteroatoms. The molecule has 0 amide bonds. The molecule has 2 atom stereocenters. The van der Waals surface area contributed by atoms with Gasteiger partial charge in [0.15, 0.2) is 6.10 Å². The molecule has 64 valence electrons. The monoisotopic (exact) mass is 164 g/mol. The van der Waals surface area contributed by atoms with Crippen molar-refractivity contribution in [3.63, 3.8) is 0 Å². The van der Waals surface area contributed by atoms with Crippen molar-refractivity contribution in [3.8, 4) is 0 Å². The van der Waals surface area contributed by atoms with E-state index in [2.05, 4.69) is 11.2 Å². The summed E-state index contributed by atoms with van der Waals surface area (Å²) < 4.78 is 0. The molecule has 0 aromatic heterocycles. The van der Waals surface area contributed by atoms with Gasteiger partial charge in [-0.3, -0.25) is 0 Å². The number of rotatable bonds is 2. The van der Waals surface area contributed by atoms with E-state index < -0.39 is 0 Å². The Bertz CT molecular complexity index is 255. The van der Waals surface area contributed by atoms with Crippen molar-refractivity contribution in [2.75, 3.05) is 6.54 Å². The van der Waals surface area contributed by atoms with Crippen LogP contribution in [0.3, 0.4) is 0 Å². The minimum Gasteiger partial charge on any atom is -0.388 e. The third kappa shape index (κ3) is 1.16. The maximum atomic E-state index is 5.49. The summed E-state index contributed by atoms with van der Waals surface area (Å²) in [6.07, 6.45) is 9.06. The Hall–Kier alpha value is -1.09. The zero-order valence-corrected chi connectivity index (χ0v) is 6.81. The van der Waals surface area contributed by atoms with Crippen molar-refractivity contribution in [1.29, 1.82) is 0 Å². The van der Waals surface area contributed by atoms with Crippen molar-refractivity contribution in [3.05, 3.63) is 23.8 Å². The SMILES string of the molecule is NCCC1=CC=CC2ON=CC12. The second-order valence-electron chi connectivity index (χ2n) is 3.02. The normalized spacial score (nSPS) is 31.2. The molecule has 12 heavy (non-hydrogen) atoms. The van der Waals surface area contributed by atoms with E-state index >= 15 is 0 Å². The van der Waals surface area contributed by atoms with Gasteiger partial charge < -0.3 is 10.6 Å². The number of hydrogen-bond acceptors (Lipinski definition) is 3. The first-order valence-electron chi connectivity index (χ1n) is 4.18. The molecule has 0 bridgehead atoms. The lowest BCUT2D eigenvalue weighted by atomic mass is 9.88. The van der Waals surface area contributed by atoms with E-state index in [4.69, 9.17) is 10.6 Å². The quantitative estimate of drug-likeness (QED) is 0.657. The van der Waals surface area contributed by atoms with Gasteiger partial charge in [0.2, 0.25) is 0 Å². The molecule has 0 radical (unpaired) electrons. The van der Waals surface area contributed by atoms with Gasteiger partial charge in [0.25, 0.3) is 0 Å². The average molecular weight is 164 g/mol. The number of nitrogens with two attached hydrogens (primary N) is 1. The van der Waals surface area contributed by atoms with E-state index in [1.165, 1.54) is 5.57 Å². The Morgan fingerprint density at radius 2 is 2.50 bits per heavy atom. The van der Waals surface area contributed by atoms with Gasteiger partial charge in [0, 0.05) is 0 Å². The summed E-state index contributed by atoms with van der Waals surface area (Å²) in [5, 5.41) is 3.80. The molecule has 0 fully saturated rings. The van der Waals surface area contributed by atoms with E-state index in [0.29, 0.717) is 12.5 Å². The molecular formula is C9H12N2O. The van der Waals surface area contributed by atoms with Crippen molar-refractivity contribution in [2.24, 2.45) is 16.8 Å². The molecule has 0 saturated carbocycles. The van der Waals surface area contributed by atoms with Crippen molar-refractivity contribution >= 4 is 6.21 Å². The Balaban J connectivity index is 2.15. The van der Waals surface area contributed by atoms with E-state index in [-0.39, 0.29) is 6.10 Å².